The first kappa shape index (κ1) is 15.2. The summed E-state index contributed by atoms with van der Waals surface area (Å²) >= 11 is 0. The molecule has 1 aromatic rings. The molecule has 2 aliphatic rings. The van der Waals surface area contributed by atoms with Gasteiger partial charge < -0.3 is 16.0 Å². The number of anilines is 1. The van der Waals surface area contributed by atoms with Gasteiger partial charge in [-0.25, -0.2) is 8.78 Å². The molecule has 2 fully saturated rings. The number of carbonyl (C=O) groups is 1. The van der Waals surface area contributed by atoms with Gasteiger partial charge in [0.05, 0.1) is 11.6 Å². The lowest BCUT2D eigenvalue weighted by atomic mass is 10.0. The van der Waals surface area contributed by atoms with Gasteiger partial charge in [-0.3, -0.25) is 4.79 Å². The van der Waals surface area contributed by atoms with Gasteiger partial charge in [0, 0.05) is 31.2 Å². The Labute approximate surface area is 128 Å². The lowest BCUT2D eigenvalue weighted by molar-refractivity contribution is -0.125. The zero-order chi connectivity index (χ0) is 15.7. The minimum atomic E-state index is -0.583. The van der Waals surface area contributed by atoms with Crippen molar-refractivity contribution in [2.24, 2.45) is 11.7 Å². The van der Waals surface area contributed by atoms with Gasteiger partial charge in [-0.15, -0.1) is 0 Å². The van der Waals surface area contributed by atoms with Gasteiger partial charge in [0.1, 0.15) is 11.6 Å². The molecule has 1 heterocycles. The summed E-state index contributed by atoms with van der Waals surface area (Å²) in [4.78, 5) is 14.1. The van der Waals surface area contributed by atoms with Crippen LogP contribution in [0.5, 0.6) is 0 Å². The number of hydrogen-bond acceptors (Lipinski definition) is 3. The Hall–Kier alpha value is -1.69. The van der Waals surface area contributed by atoms with E-state index in [0.29, 0.717) is 18.8 Å². The molecule has 22 heavy (non-hydrogen) atoms. The maximum atomic E-state index is 13.8. The van der Waals surface area contributed by atoms with Crippen LogP contribution in [-0.4, -0.2) is 31.1 Å². The largest absolute Gasteiger partial charge is 0.367 e. The second kappa shape index (κ2) is 6.20. The van der Waals surface area contributed by atoms with Crippen LogP contribution in [0.3, 0.4) is 0 Å². The van der Waals surface area contributed by atoms with Gasteiger partial charge in [-0.05, 0) is 31.4 Å². The summed E-state index contributed by atoms with van der Waals surface area (Å²) in [7, 11) is 0. The molecule has 0 unspecified atom stereocenters. The van der Waals surface area contributed by atoms with Crippen molar-refractivity contribution in [1.29, 1.82) is 0 Å². The predicted octanol–water partition coefficient (Wildman–Crippen LogP) is 1.79. The van der Waals surface area contributed by atoms with Gasteiger partial charge >= 0.3 is 0 Å². The molecule has 1 saturated carbocycles. The van der Waals surface area contributed by atoms with Gasteiger partial charge in [0.25, 0.3) is 0 Å². The maximum absolute atomic E-state index is 13.8. The van der Waals surface area contributed by atoms with E-state index < -0.39 is 11.6 Å². The maximum Gasteiger partial charge on any atom is 0.224 e. The fourth-order valence-electron chi connectivity index (χ4n) is 3.46. The van der Waals surface area contributed by atoms with Crippen LogP contribution in [0, 0.1) is 17.6 Å². The SMILES string of the molecule is N[C@@H]1CCC[C@@H]1C(=O)N[C@H]1CCN(c2ccc(F)cc2F)C1. The van der Waals surface area contributed by atoms with E-state index in [1.165, 1.54) is 12.1 Å². The quantitative estimate of drug-likeness (QED) is 0.895. The van der Waals surface area contributed by atoms with Crippen molar-refractivity contribution in [1.82, 2.24) is 5.32 Å². The Morgan fingerprint density at radius 2 is 2.09 bits per heavy atom. The number of halogens is 2. The number of nitrogens with one attached hydrogen (secondary N) is 1. The van der Waals surface area contributed by atoms with Gasteiger partial charge in [-0.2, -0.15) is 0 Å². The van der Waals surface area contributed by atoms with Crippen LogP contribution in [0.4, 0.5) is 14.5 Å². The summed E-state index contributed by atoms with van der Waals surface area (Å²) in [5, 5.41) is 3.02. The first-order valence-corrected chi connectivity index (χ1v) is 7.80. The summed E-state index contributed by atoms with van der Waals surface area (Å²) in [5.74, 6) is -1.24. The van der Waals surface area contributed by atoms with Crippen LogP contribution < -0.4 is 16.0 Å². The van der Waals surface area contributed by atoms with Crippen molar-refractivity contribution in [3.05, 3.63) is 29.8 Å². The Morgan fingerprint density at radius 3 is 2.77 bits per heavy atom. The summed E-state index contributed by atoms with van der Waals surface area (Å²) in [5.41, 5.74) is 6.34. The minimum absolute atomic E-state index is 0.00949. The average Bonchev–Trinajstić information content (AvgIpc) is 3.08. The number of carbonyl (C=O) groups excluding carboxylic acids is 1. The lowest BCUT2D eigenvalue weighted by Crippen LogP contribution is -2.44. The molecule has 0 radical (unpaired) electrons. The monoisotopic (exact) mass is 309 g/mol. The van der Waals surface area contributed by atoms with Crippen LogP contribution in [0.25, 0.3) is 0 Å². The molecule has 3 N–H and O–H groups in total. The Kier molecular flexibility index (Phi) is 4.29. The van der Waals surface area contributed by atoms with Crippen molar-refractivity contribution < 1.29 is 13.6 Å². The smallest absolute Gasteiger partial charge is 0.224 e. The number of hydrogen-bond donors (Lipinski definition) is 2. The molecule has 4 nitrogen and oxygen atoms in total. The van der Waals surface area contributed by atoms with Crippen molar-refractivity contribution in [3.8, 4) is 0 Å². The molecule has 1 amide bonds. The molecular formula is C16H21F2N3O. The highest BCUT2D eigenvalue weighted by molar-refractivity contribution is 5.80. The number of nitrogens with zero attached hydrogens (tertiary/aromatic N) is 1. The van der Waals surface area contributed by atoms with Gasteiger partial charge in [-0.1, -0.05) is 6.42 Å². The fraction of sp³-hybridized carbons (Fsp3) is 0.562. The summed E-state index contributed by atoms with van der Waals surface area (Å²) in [6.07, 6.45) is 3.49. The molecule has 1 aromatic carbocycles. The Balaban J connectivity index is 1.59. The van der Waals surface area contributed by atoms with Crippen LogP contribution in [0.2, 0.25) is 0 Å². The summed E-state index contributed by atoms with van der Waals surface area (Å²) < 4.78 is 26.8. The van der Waals surface area contributed by atoms with E-state index in [4.69, 9.17) is 5.73 Å². The number of benzene rings is 1. The molecule has 1 aliphatic heterocycles. The third kappa shape index (κ3) is 3.06. The van der Waals surface area contributed by atoms with Crippen LogP contribution in [0.1, 0.15) is 25.7 Å². The van der Waals surface area contributed by atoms with E-state index in [-0.39, 0.29) is 23.9 Å². The minimum Gasteiger partial charge on any atom is -0.367 e. The van der Waals surface area contributed by atoms with Gasteiger partial charge in [0.15, 0.2) is 0 Å². The normalized spacial score (nSPS) is 28.1. The molecule has 0 spiro atoms. The number of amides is 1. The first-order chi connectivity index (χ1) is 10.5. The van der Waals surface area contributed by atoms with Crippen LogP contribution in [0.15, 0.2) is 18.2 Å². The molecule has 3 atom stereocenters. The zero-order valence-electron chi connectivity index (χ0n) is 12.4. The molecule has 120 valence electrons. The molecule has 1 aliphatic carbocycles. The number of nitrogens with two attached hydrogens (primary N) is 1. The average molecular weight is 309 g/mol. The standard InChI is InChI=1S/C16H21F2N3O/c17-10-4-5-15(13(18)8-10)21-7-6-11(9-21)20-16(22)12-2-1-3-14(12)19/h4-5,8,11-12,14H,1-3,6-7,9,19H2,(H,20,22)/t11-,12-,14+/m0/s1. The molecule has 0 bridgehead atoms. The van der Waals surface area contributed by atoms with E-state index in [1.807, 2.05) is 4.90 Å². The third-order valence-electron chi connectivity index (χ3n) is 4.69. The van der Waals surface area contributed by atoms with Gasteiger partial charge in [0.2, 0.25) is 5.91 Å². The van der Waals surface area contributed by atoms with E-state index in [0.717, 1.165) is 31.7 Å². The highest BCUT2D eigenvalue weighted by Crippen LogP contribution is 2.26. The Bertz CT molecular complexity index is 566. The molecule has 0 aromatic heterocycles. The molecule has 6 heteroatoms. The summed E-state index contributed by atoms with van der Waals surface area (Å²) in [6, 6.07) is 3.53. The molecular weight excluding hydrogens is 288 g/mol. The van der Waals surface area contributed by atoms with E-state index in [2.05, 4.69) is 5.32 Å². The van der Waals surface area contributed by atoms with Crippen molar-refractivity contribution in [3.63, 3.8) is 0 Å². The van der Waals surface area contributed by atoms with E-state index in [9.17, 15) is 13.6 Å². The molecule has 1 saturated heterocycles. The van der Waals surface area contributed by atoms with E-state index >= 15 is 0 Å². The topological polar surface area (TPSA) is 58.4 Å². The fourth-order valence-corrected chi connectivity index (χ4v) is 3.46. The second-order valence-corrected chi connectivity index (χ2v) is 6.24. The predicted molar refractivity (Wildman–Crippen MR) is 80.4 cm³/mol. The van der Waals surface area contributed by atoms with Crippen LogP contribution >= 0.6 is 0 Å². The van der Waals surface area contributed by atoms with E-state index in [1.54, 1.807) is 0 Å². The second-order valence-electron chi connectivity index (χ2n) is 6.24. The lowest BCUT2D eigenvalue weighted by Gasteiger charge is -2.21. The molecule has 3 rings (SSSR count). The van der Waals surface area contributed by atoms with Crippen LogP contribution in [-0.2, 0) is 4.79 Å². The Morgan fingerprint density at radius 1 is 1.27 bits per heavy atom. The summed E-state index contributed by atoms with van der Waals surface area (Å²) in [6.45, 7) is 1.18. The van der Waals surface area contributed by atoms with Crippen molar-refractivity contribution in [2.75, 3.05) is 18.0 Å². The van der Waals surface area contributed by atoms with Crippen molar-refractivity contribution in [2.45, 2.75) is 37.8 Å². The first-order valence-electron chi connectivity index (χ1n) is 7.80. The van der Waals surface area contributed by atoms with Crippen molar-refractivity contribution >= 4 is 11.6 Å². The zero-order valence-corrected chi connectivity index (χ0v) is 12.4. The third-order valence-corrected chi connectivity index (χ3v) is 4.69. The highest BCUT2D eigenvalue weighted by Gasteiger charge is 2.33. The number of rotatable bonds is 3. The highest BCUT2D eigenvalue weighted by atomic mass is 19.1.